The minimum absolute atomic E-state index is 0.743. The zero-order valence-corrected chi connectivity index (χ0v) is 14.2. The van der Waals surface area contributed by atoms with E-state index in [1.807, 2.05) is 30.7 Å². The van der Waals surface area contributed by atoms with Crippen LogP contribution in [0.15, 0.2) is 41.7 Å². The van der Waals surface area contributed by atoms with E-state index in [1.165, 1.54) is 17.3 Å². The van der Waals surface area contributed by atoms with Gasteiger partial charge in [-0.2, -0.15) is 4.98 Å². The van der Waals surface area contributed by atoms with E-state index >= 15 is 0 Å². The highest BCUT2D eigenvalue weighted by Gasteiger charge is 2.20. The Hall–Kier alpha value is -1.33. The Kier molecular flexibility index (Phi) is 4.83. The van der Waals surface area contributed by atoms with Crippen LogP contribution in [0.4, 0.5) is 0 Å². The lowest BCUT2D eigenvalue weighted by atomic mass is 10.1. The molecule has 1 heterocycles. The number of nitrogens with zero attached hydrogens (tertiary/aromatic N) is 2. The van der Waals surface area contributed by atoms with Crippen LogP contribution in [-0.2, 0) is 6.42 Å². The highest BCUT2D eigenvalue weighted by molar-refractivity contribution is 7.98. The van der Waals surface area contributed by atoms with Gasteiger partial charge in [-0.15, -0.1) is 0 Å². The van der Waals surface area contributed by atoms with Gasteiger partial charge in [-0.3, -0.25) is 0 Å². The van der Waals surface area contributed by atoms with Gasteiger partial charge in [-0.1, -0.05) is 42.1 Å². The van der Waals surface area contributed by atoms with Crippen molar-refractivity contribution in [2.75, 3.05) is 6.26 Å². The summed E-state index contributed by atoms with van der Waals surface area (Å²) in [4.78, 5) is 8.91. The number of aromatic nitrogens is 2. The fraction of sp³-hybridized carbons (Fsp3) is 0.333. The predicted molar refractivity (Wildman–Crippen MR) is 87.0 cm³/mol. The molecule has 20 heavy (non-hydrogen) atoms. The molecule has 5 heteroatoms. The second kappa shape index (κ2) is 6.41. The van der Waals surface area contributed by atoms with Gasteiger partial charge >= 0.3 is 0 Å². The fourth-order valence-electron chi connectivity index (χ4n) is 1.79. The maximum atomic E-state index is 6.12. The molecule has 3 nitrogen and oxygen atoms in total. The topological polar surface area (TPSA) is 35.0 Å². The largest absolute Gasteiger partial charge is 0.531 e. The highest BCUT2D eigenvalue weighted by atomic mass is 32.2. The minimum atomic E-state index is -1.68. The lowest BCUT2D eigenvalue weighted by Gasteiger charge is -2.20. The number of benzene rings is 1. The van der Waals surface area contributed by atoms with Gasteiger partial charge in [0, 0.05) is 18.2 Å². The molecule has 0 radical (unpaired) electrons. The Bertz CT molecular complexity index is 570. The summed E-state index contributed by atoms with van der Waals surface area (Å²) in [5.74, 6) is 0.743. The first kappa shape index (κ1) is 15.1. The maximum absolute atomic E-state index is 6.12. The van der Waals surface area contributed by atoms with Gasteiger partial charge in [-0.05, 0) is 31.5 Å². The van der Waals surface area contributed by atoms with E-state index in [-0.39, 0.29) is 0 Å². The smallest absolute Gasteiger partial charge is 0.244 e. The summed E-state index contributed by atoms with van der Waals surface area (Å²) in [5.41, 5.74) is 2.30. The van der Waals surface area contributed by atoms with Gasteiger partial charge in [0.25, 0.3) is 0 Å². The van der Waals surface area contributed by atoms with Crippen molar-refractivity contribution in [2.45, 2.75) is 31.2 Å². The molecule has 2 aromatic rings. The molecule has 0 unspecified atom stereocenters. The molecular weight excluding hydrogens is 284 g/mol. The lowest BCUT2D eigenvalue weighted by Crippen LogP contribution is -2.30. The fourth-order valence-corrected chi connectivity index (χ4v) is 2.88. The SMILES string of the molecule is CSc1ncc(Cc2ccccc2)c(O[Si](C)(C)C)n1. The molecular formula is C15H20N2OSSi. The normalized spacial score (nSPS) is 11.4. The average Bonchev–Trinajstić information content (AvgIpc) is 2.40. The van der Waals surface area contributed by atoms with Gasteiger partial charge < -0.3 is 4.43 Å². The van der Waals surface area contributed by atoms with Gasteiger partial charge in [0.15, 0.2) is 5.16 Å². The first-order valence-corrected chi connectivity index (χ1v) is 11.2. The Morgan fingerprint density at radius 1 is 1.15 bits per heavy atom. The molecule has 0 spiro atoms. The molecule has 0 atom stereocenters. The van der Waals surface area contributed by atoms with E-state index in [0.717, 1.165) is 23.0 Å². The Balaban J connectivity index is 2.31. The van der Waals surface area contributed by atoms with Crippen molar-refractivity contribution < 1.29 is 4.43 Å². The third-order valence-corrected chi connectivity index (χ3v) is 3.99. The van der Waals surface area contributed by atoms with Crippen LogP contribution in [0.3, 0.4) is 0 Å². The van der Waals surface area contributed by atoms with Crippen molar-refractivity contribution in [3.8, 4) is 5.88 Å². The van der Waals surface area contributed by atoms with Crippen LogP contribution in [0, 0.1) is 0 Å². The van der Waals surface area contributed by atoms with E-state index in [9.17, 15) is 0 Å². The number of thioether (sulfide) groups is 1. The van der Waals surface area contributed by atoms with Crippen molar-refractivity contribution in [1.82, 2.24) is 9.97 Å². The third kappa shape index (κ3) is 4.35. The lowest BCUT2D eigenvalue weighted by molar-refractivity contribution is 0.516. The molecule has 0 bridgehead atoms. The van der Waals surface area contributed by atoms with Gasteiger partial charge in [0.2, 0.25) is 14.2 Å². The summed E-state index contributed by atoms with van der Waals surface area (Å²) in [7, 11) is -1.68. The molecule has 0 saturated heterocycles. The minimum Gasteiger partial charge on any atom is -0.531 e. The molecule has 0 saturated carbocycles. The molecule has 0 aliphatic rings. The quantitative estimate of drug-likeness (QED) is 0.475. The highest BCUT2D eigenvalue weighted by Crippen LogP contribution is 2.24. The van der Waals surface area contributed by atoms with E-state index in [1.54, 1.807) is 0 Å². The molecule has 1 aromatic carbocycles. The predicted octanol–water partition coefficient (Wildman–Crippen LogP) is 4.00. The Morgan fingerprint density at radius 3 is 2.45 bits per heavy atom. The van der Waals surface area contributed by atoms with E-state index in [4.69, 9.17) is 4.43 Å². The van der Waals surface area contributed by atoms with Crippen LogP contribution in [-0.4, -0.2) is 24.5 Å². The maximum Gasteiger partial charge on any atom is 0.244 e. The molecule has 0 fully saturated rings. The number of rotatable bonds is 5. The van der Waals surface area contributed by atoms with Gasteiger partial charge in [-0.25, -0.2) is 4.98 Å². The summed E-state index contributed by atoms with van der Waals surface area (Å²) in [5, 5.41) is 0.759. The molecule has 0 N–H and O–H groups in total. The first-order chi connectivity index (χ1) is 9.48. The van der Waals surface area contributed by atoms with Crippen molar-refractivity contribution >= 4 is 20.1 Å². The van der Waals surface area contributed by atoms with Gasteiger partial charge in [0.05, 0.1) is 0 Å². The Labute approximate surface area is 125 Å². The molecule has 1 aromatic heterocycles. The summed E-state index contributed by atoms with van der Waals surface area (Å²) >= 11 is 1.54. The molecule has 0 amide bonds. The standard InChI is InChI=1S/C15H20N2OSSi/c1-19-15-16-11-13(10-12-8-6-5-7-9-12)14(17-15)18-20(2,3)4/h5-9,11H,10H2,1-4H3. The zero-order chi connectivity index (χ0) is 14.6. The van der Waals surface area contributed by atoms with Crippen molar-refractivity contribution in [3.05, 3.63) is 47.7 Å². The summed E-state index contributed by atoms with van der Waals surface area (Å²) in [6.45, 7) is 6.50. The summed E-state index contributed by atoms with van der Waals surface area (Å²) in [6.07, 6.45) is 4.67. The van der Waals surface area contributed by atoms with Crippen molar-refractivity contribution in [1.29, 1.82) is 0 Å². The van der Waals surface area contributed by atoms with Gasteiger partial charge in [0.1, 0.15) is 0 Å². The molecule has 0 aliphatic heterocycles. The Morgan fingerprint density at radius 2 is 1.85 bits per heavy atom. The average molecular weight is 304 g/mol. The van der Waals surface area contributed by atoms with Crippen LogP contribution in [0.2, 0.25) is 19.6 Å². The third-order valence-electron chi connectivity index (χ3n) is 2.63. The van der Waals surface area contributed by atoms with Crippen LogP contribution >= 0.6 is 11.8 Å². The van der Waals surface area contributed by atoms with E-state index in [2.05, 4.69) is 41.7 Å². The van der Waals surface area contributed by atoms with Crippen LogP contribution in [0.5, 0.6) is 5.88 Å². The van der Waals surface area contributed by atoms with Crippen molar-refractivity contribution in [3.63, 3.8) is 0 Å². The monoisotopic (exact) mass is 304 g/mol. The number of hydrogen-bond donors (Lipinski definition) is 0. The molecule has 2 rings (SSSR count). The second-order valence-corrected chi connectivity index (χ2v) is 10.8. The molecule has 0 aliphatic carbocycles. The molecule has 106 valence electrons. The van der Waals surface area contributed by atoms with E-state index in [0.29, 0.717) is 0 Å². The van der Waals surface area contributed by atoms with E-state index < -0.39 is 8.32 Å². The van der Waals surface area contributed by atoms with Crippen LogP contribution in [0.25, 0.3) is 0 Å². The summed E-state index contributed by atoms with van der Waals surface area (Å²) < 4.78 is 6.12. The summed E-state index contributed by atoms with van der Waals surface area (Å²) in [6, 6.07) is 10.3. The van der Waals surface area contributed by atoms with Crippen LogP contribution in [0.1, 0.15) is 11.1 Å². The first-order valence-electron chi connectivity index (χ1n) is 6.61. The van der Waals surface area contributed by atoms with Crippen molar-refractivity contribution in [2.24, 2.45) is 0 Å². The number of hydrogen-bond acceptors (Lipinski definition) is 4. The zero-order valence-electron chi connectivity index (χ0n) is 12.4. The second-order valence-electron chi connectivity index (χ2n) is 5.56. The van der Waals surface area contributed by atoms with Crippen LogP contribution < -0.4 is 4.43 Å².